The quantitative estimate of drug-likeness (QED) is 0.802. The van der Waals surface area contributed by atoms with Gasteiger partial charge >= 0.3 is 5.97 Å². The van der Waals surface area contributed by atoms with Crippen molar-refractivity contribution in [3.63, 3.8) is 0 Å². The first-order chi connectivity index (χ1) is 11.4. The van der Waals surface area contributed by atoms with Gasteiger partial charge < -0.3 is 9.67 Å². The van der Waals surface area contributed by atoms with Gasteiger partial charge in [0.05, 0.1) is 5.52 Å². The second kappa shape index (κ2) is 5.92. The molecule has 0 amide bonds. The maximum Gasteiger partial charge on any atom is 0.341 e. The van der Waals surface area contributed by atoms with Crippen molar-refractivity contribution in [3.05, 3.63) is 80.9 Å². The minimum atomic E-state index is -1.32. The smallest absolute Gasteiger partial charge is 0.341 e. The number of benzene rings is 2. The number of halogens is 1. The summed E-state index contributed by atoms with van der Waals surface area (Å²) in [5.74, 6) is -1.89. The van der Waals surface area contributed by atoms with Crippen molar-refractivity contribution in [2.24, 2.45) is 0 Å². The number of aryl methyl sites for hydroxylation is 2. The van der Waals surface area contributed by atoms with E-state index in [1.807, 2.05) is 32.0 Å². The average Bonchev–Trinajstić information content (AvgIpc) is 2.53. The fraction of sp³-hybridized carbons (Fsp3) is 0.158. The summed E-state index contributed by atoms with van der Waals surface area (Å²) in [6, 6.07) is 9.81. The van der Waals surface area contributed by atoms with E-state index in [4.69, 9.17) is 0 Å². The number of fused-ring (bicyclic) bond motifs is 1. The van der Waals surface area contributed by atoms with Crippen molar-refractivity contribution in [1.82, 2.24) is 4.57 Å². The third-order valence-corrected chi connectivity index (χ3v) is 4.20. The summed E-state index contributed by atoms with van der Waals surface area (Å²) >= 11 is 0. The lowest BCUT2D eigenvalue weighted by Gasteiger charge is -2.13. The average molecular weight is 325 g/mol. The third kappa shape index (κ3) is 2.80. The number of pyridine rings is 1. The largest absolute Gasteiger partial charge is 0.477 e. The summed E-state index contributed by atoms with van der Waals surface area (Å²) in [6.07, 6.45) is 1.32. The van der Waals surface area contributed by atoms with Crippen LogP contribution >= 0.6 is 0 Å². The highest BCUT2D eigenvalue weighted by Crippen LogP contribution is 2.17. The lowest BCUT2D eigenvalue weighted by molar-refractivity contribution is 0.0695. The number of hydrogen-bond acceptors (Lipinski definition) is 2. The number of aromatic carboxylic acids is 1. The number of aromatic nitrogens is 1. The van der Waals surface area contributed by atoms with Crippen molar-refractivity contribution < 1.29 is 14.3 Å². The molecule has 5 heteroatoms. The summed E-state index contributed by atoms with van der Waals surface area (Å²) in [6.45, 7) is 4.41. The van der Waals surface area contributed by atoms with Crippen molar-refractivity contribution in [1.29, 1.82) is 0 Å². The predicted molar refractivity (Wildman–Crippen MR) is 90.1 cm³/mol. The van der Waals surface area contributed by atoms with Gasteiger partial charge in [0.2, 0.25) is 5.43 Å². The fourth-order valence-electron chi connectivity index (χ4n) is 2.75. The van der Waals surface area contributed by atoms with Gasteiger partial charge in [0.1, 0.15) is 11.4 Å². The second-order valence-corrected chi connectivity index (χ2v) is 5.89. The summed E-state index contributed by atoms with van der Waals surface area (Å²) in [5, 5.41) is 9.33. The molecule has 0 saturated heterocycles. The molecule has 0 bridgehead atoms. The zero-order chi connectivity index (χ0) is 17.4. The molecule has 0 atom stereocenters. The topological polar surface area (TPSA) is 59.3 Å². The van der Waals surface area contributed by atoms with Crippen LogP contribution in [-0.4, -0.2) is 15.6 Å². The van der Waals surface area contributed by atoms with Crippen molar-refractivity contribution >= 4 is 16.9 Å². The predicted octanol–water partition coefficient (Wildman–Crippen LogP) is 3.50. The molecule has 1 heterocycles. The first-order valence-corrected chi connectivity index (χ1v) is 7.49. The van der Waals surface area contributed by atoms with E-state index in [1.165, 1.54) is 18.3 Å². The molecule has 0 radical (unpaired) electrons. The maximum atomic E-state index is 13.5. The Kier molecular flexibility index (Phi) is 3.93. The lowest BCUT2D eigenvalue weighted by Crippen LogP contribution is -2.19. The molecule has 122 valence electrons. The van der Waals surface area contributed by atoms with Crippen LogP contribution in [0.1, 0.15) is 27.0 Å². The van der Waals surface area contributed by atoms with Gasteiger partial charge in [0.15, 0.2) is 0 Å². The molecule has 0 aliphatic carbocycles. The minimum Gasteiger partial charge on any atom is -0.477 e. The van der Waals surface area contributed by atoms with Crippen LogP contribution in [0.25, 0.3) is 10.9 Å². The Hall–Kier alpha value is -2.95. The molecular formula is C19H16FNO3. The Bertz CT molecular complexity index is 1020. The zero-order valence-corrected chi connectivity index (χ0v) is 13.3. The van der Waals surface area contributed by atoms with E-state index in [1.54, 1.807) is 4.57 Å². The molecule has 0 unspecified atom stereocenters. The van der Waals surface area contributed by atoms with E-state index in [9.17, 15) is 19.1 Å². The van der Waals surface area contributed by atoms with Gasteiger partial charge in [0, 0.05) is 18.1 Å². The van der Waals surface area contributed by atoms with Crippen LogP contribution in [0.5, 0.6) is 0 Å². The molecule has 0 saturated carbocycles. The van der Waals surface area contributed by atoms with Crippen molar-refractivity contribution in [2.75, 3.05) is 0 Å². The highest BCUT2D eigenvalue weighted by molar-refractivity contribution is 5.92. The molecule has 3 aromatic rings. The van der Waals surface area contributed by atoms with Crippen molar-refractivity contribution in [2.45, 2.75) is 20.4 Å². The number of hydrogen-bond donors (Lipinski definition) is 1. The Morgan fingerprint density at radius 2 is 1.88 bits per heavy atom. The Labute approximate surface area is 137 Å². The van der Waals surface area contributed by atoms with E-state index < -0.39 is 17.2 Å². The van der Waals surface area contributed by atoms with Crippen LogP contribution in [0.15, 0.2) is 47.4 Å². The number of carboxylic acids is 1. The summed E-state index contributed by atoms with van der Waals surface area (Å²) in [5.41, 5.74) is 2.73. The third-order valence-electron chi connectivity index (χ3n) is 4.20. The number of carboxylic acid groups (broad SMARTS) is 1. The van der Waals surface area contributed by atoms with E-state index in [2.05, 4.69) is 0 Å². The molecule has 0 aliphatic rings. The van der Waals surface area contributed by atoms with Gasteiger partial charge in [-0.25, -0.2) is 9.18 Å². The molecule has 3 rings (SSSR count). The fourth-order valence-corrected chi connectivity index (χ4v) is 2.75. The van der Waals surface area contributed by atoms with E-state index in [-0.39, 0.29) is 10.9 Å². The SMILES string of the molecule is Cc1ccc(Cn2cc(C(=O)O)c(=O)c3cc(F)ccc32)cc1C. The van der Waals surface area contributed by atoms with Gasteiger partial charge in [-0.05, 0) is 48.7 Å². The van der Waals surface area contributed by atoms with Gasteiger partial charge in [-0.1, -0.05) is 18.2 Å². The molecule has 0 spiro atoms. The first kappa shape index (κ1) is 15.9. The lowest BCUT2D eigenvalue weighted by atomic mass is 10.1. The maximum absolute atomic E-state index is 13.5. The molecule has 1 N–H and O–H groups in total. The van der Waals surface area contributed by atoms with Gasteiger partial charge in [0.25, 0.3) is 0 Å². The summed E-state index contributed by atoms with van der Waals surface area (Å²) in [7, 11) is 0. The van der Waals surface area contributed by atoms with E-state index in [0.717, 1.165) is 22.8 Å². The number of carbonyl (C=O) groups is 1. The van der Waals surface area contributed by atoms with E-state index >= 15 is 0 Å². The van der Waals surface area contributed by atoms with Crippen LogP contribution in [0.4, 0.5) is 4.39 Å². The molecule has 2 aromatic carbocycles. The van der Waals surface area contributed by atoms with Crippen LogP contribution in [-0.2, 0) is 6.54 Å². The highest BCUT2D eigenvalue weighted by atomic mass is 19.1. The molecule has 4 nitrogen and oxygen atoms in total. The second-order valence-electron chi connectivity index (χ2n) is 5.89. The summed E-state index contributed by atoms with van der Waals surface area (Å²) in [4.78, 5) is 23.6. The Balaban J connectivity index is 2.22. The number of nitrogens with zero attached hydrogens (tertiary/aromatic N) is 1. The highest BCUT2D eigenvalue weighted by Gasteiger charge is 2.15. The first-order valence-electron chi connectivity index (χ1n) is 7.49. The van der Waals surface area contributed by atoms with Crippen molar-refractivity contribution in [3.8, 4) is 0 Å². The zero-order valence-electron chi connectivity index (χ0n) is 13.3. The van der Waals surface area contributed by atoms with Crippen LogP contribution in [0.3, 0.4) is 0 Å². The van der Waals surface area contributed by atoms with Crippen LogP contribution < -0.4 is 5.43 Å². The van der Waals surface area contributed by atoms with Crippen LogP contribution in [0, 0.1) is 19.7 Å². The standard InChI is InChI=1S/C19H16FNO3/c1-11-3-4-13(7-12(11)2)9-21-10-16(19(23)24)18(22)15-8-14(20)5-6-17(15)21/h3-8,10H,9H2,1-2H3,(H,23,24). The number of rotatable bonds is 3. The summed E-state index contributed by atoms with van der Waals surface area (Å²) < 4.78 is 15.2. The molecule has 24 heavy (non-hydrogen) atoms. The van der Waals surface area contributed by atoms with Gasteiger partial charge in [-0.3, -0.25) is 4.79 Å². The Morgan fingerprint density at radius 3 is 2.54 bits per heavy atom. The monoisotopic (exact) mass is 325 g/mol. The molecule has 1 aromatic heterocycles. The minimum absolute atomic E-state index is 0.0683. The molecular weight excluding hydrogens is 309 g/mol. The normalized spacial score (nSPS) is 11.0. The molecule has 0 fully saturated rings. The molecule has 0 aliphatic heterocycles. The van der Waals surface area contributed by atoms with E-state index in [0.29, 0.717) is 12.1 Å². The van der Waals surface area contributed by atoms with Gasteiger partial charge in [-0.15, -0.1) is 0 Å². The Morgan fingerprint density at radius 1 is 1.12 bits per heavy atom. The van der Waals surface area contributed by atoms with Crippen LogP contribution in [0.2, 0.25) is 0 Å². The van der Waals surface area contributed by atoms with Gasteiger partial charge in [-0.2, -0.15) is 0 Å².